The lowest BCUT2D eigenvalue weighted by atomic mass is 10.1. The maximum absolute atomic E-state index is 13.0. The van der Waals surface area contributed by atoms with E-state index in [2.05, 4.69) is 24.6 Å². The summed E-state index contributed by atoms with van der Waals surface area (Å²) in [7, 11) is 0. The fourth-order valence-electron chi connectivity index (χ4n) is 3.98. The quantitative estimate of drug-likeness (QED) is 0.411. The second-order valence-electron chi connectivity index (χ2n) is 8.71. The first-order valence-electron chi connectivity index (χ1n) is 11.4. The molecule has 0 bridgehead atoms. The zero-order valence-corrected chi connectivity index (χ0v) is 20.8. The Morgan fingerprint density at radius 1 is 1.13 bits per heavy atom. The molecule has 1 aliphatic heterocycles. The van der Waals surface area contributed by atoms with Crippen LogP contribution in [0, 0.1) is 6.92 Å². The van der Waals surface area contributed by atoms with Gasteiger partial charge in [-0.2, -0.15) is 30.7 Å². The lowest BCUT2D eigenvalue weighted by molar-refractivity contribution is -0.150. The van der Waals surface area contributed by atoms with Gasteiger partial charge in [-0.25, -0.2) is 9.97 Å². The minimum absolute atomic E-state index is 0.0666. The number of hydrogen-bond acceptors (Lipinski definition) is 8. The summed E-state index contributed by atoms with van der Waals surface area (Å²) in [6.45, 7) is 1.13. The molecular weight excluding hydrogens is 538 g/mol. The maximum atomic E-state index is 13.0. The molecule has 0 saturated carbocycles. The predicted octanol–water partition coefficient (Wildman–Crippen LogP) is 4.90. The minimum atomic E-state index is -4.60. The first-order valence-corrected chi connectivity index (χ1v) is 12.2. The van der Waals surface area contributed by atoms with Crippen molar-refractivity contribution in [1.82, 2.24) is 24.2 Å². The Kier molecular flexibility index (Phi) is 8.16. The van der Waals surface area contributed by atoms with Gasteiger partial charge < -0.3 is 10.1 Å². The van der Waals surface area contributed by atoms with Crippen LogP contribution >= 0.6 is 11.5 Å². The largest absolute Gasteiger partial charge is 0.473 e. The molecule has 3 aromatic heterocycles. The number of piperidine rings is 1. The molecule has 0 aliphatic carbocycles. The van der Waals surface area contributed by atoms with E-state index in [0.717, 1.165) is 17.7 Å². The van der Waals surface area contributed by atoms with Gasteiger partial charge in [-0.1, -0.05) is 0 Å². The Labute approximate surface area is 217 Å². The standard InChI is InChI=1S/C23H22F6N6O2S/c1-13-20(17(38-34-13)7-15-9-31-18(10-30-15)23(27,28)29)21(36)33-14-4-5-19(32-8-14)37-16-3-2-6-35(11-16)12-22(24,25)26/h4-5,8-10,16H,2-3,6-7,11-12H2,1H3,(H,33,36)/t16-/m1/s1. The van der Waals surface area contributed by atoms with Crippen molar-refractivity contribution in [3.63, 3.8) is 0 Å². The molecule has 0 radical (unpaired) electrons. The second kappa shape index (κ2) is 11.2. The van der Waals surface area contributed by atoms with Crippen LogP contribution in [0.5, 0.6) is 5.88 Å². The maximum Gasteiger partial charge on any atom is 0.434 e. The molecule has 1 amide bonds. The zero-order chi connectivity index (χ0) is 27.5. The topological polar surface area (TPSA) is 93.1 Å². The van der Waals surface area contributed by atoms with Gasteiger partial charge in [0.15, 0.2) is 5.69 Å². The molecular formula is C23H22F6N6O2S. The summed E-state index contributed by atoms with van der Waals surface area (Å²) < 4.78 is 86.1. The number of halogens is 6. The van der Waals surface area contributed by atoms with Gasteiger partial charge in [-0.05, 0) is 43.9 Å². The Hall–Kier alpha value is -3.33. The van der Waals surface area contributed by atoms with Gasteiger partial charge in [0.1, 0.15) is 6.10 Å². The van der Waals surface area contributed by atoms with Crippen molar-refractivity contribution in [2.75, 3.05) is 25.0 Å². The molecule has 1 atom stereocenters. The van der Waals surface area contributed by atoms with Crippen molar-refractivity contribution < 1.29 is 35.9 Å². The summed E-state index contributed by atoms with van der Waals surface area (Å²) in [6.07, 6.45) is -5.06. The van der Waals surface area contributed by atoms with E-state index in [1.807, 2.05) is 0 Å². The Morgan fingerprint density at radius 2 is 1.92 bits per heavy atom. The summed E-state index contributed by atoms with van der Waals surface area (Å²) >= 11 is 1.03. The molecule has 0 spiro atoms. The highest BCUT2D eigenvalue weighted by atomic mass is 32.1. The van der Waals surface area contributed by atoms with Gasteiger partial charge in [0.25, 0.3) is 5.91 Å². The number of hydrogen-bond donors (Lipinski definition) is 1. The van der Waals surface area contributed by atoms with Gasteiger partial charge in [-0.15, -0.1) is 0 Å². The van der Waals surface area contributed by atoms with Crippen LogP contribution in [0.15, 0.2) is 30.7 Å². The highest BCUT2D eigenvalue weighted by molar-refractivity contribution is 7.06. The summed E-state index contributed by atoms with van der Waals surface area (Å²) in [5, 5.41) is 2.70. The van der Waals surface area contributed by atoms with Crippen molar-refractivity contribution in [1.29, 1.82) is 0 Å². The third-order valence-corrected chi connectivity index (χ3v) is 6.58. The van der Waals surface area contributed by atoms with E-state index < -0.39 is 36.6 Å². The van der Waals surface area contributed by atoms with Gasteiger partial charge in [0, 0.05) is 30.1 Å². The molecule has 0 aromatic carbocycles. The van der Waals surface area contributed by atoms with Crippen LogP contribution in [0.2, 0.25) is 0 Å². The third kappa shape index (κ3) is 7.37. The number of anilines is 1. The van der Waals surface area contributed by atoms with Gasteiger partial charge in [0.2, 0.25) is 5.88 Å². The molecule has 1 saturated heterocycles. The molecule has 1 fully saturated rings. The molecule has 8 nitrogen and oxygen atoms in total. The monoisotopic (exact) mass is 560 g/mol. The Morgan fingerprint density at radius 3 is 2.55 bits per heavy atom. The van der Waals surface area contributed by atoms with E-state index in [9.17, 15) is 31.1 Å². The van der Waals surface area contributed by atoms with Crippen LogP contribution in [0.4, 0.5) is 32.0 Å². The van der Waals surface area contributed by atoms with Crippen LogP contribution in [0.3, 0.4) is 0 Å². The number of rotatable bonds is 7. The third-order valence-electron chi connectivity index (χ3n) is 5.64. The normalized spacial score (nSPS) is 16.9. The van der Waals surface area contributed by atoms with Gasteiger partial charge in [0.05, 0.1) is 41.6 Å². The van der Waals surface area contributed by atoms with Crippen molar-refractivity contribution in [2.45, 2.75) is 44.6 Å². The predicted molar refractivity (Wildman–Crippen MR) is 125 cm³/mol. The Bertz CT molecular complexity index is 1250. The molecule has 1 aliphatic rings. The number of likely N-dealkylation sites (tertiary alicyclic amines) is 1. The number of amides is 1. The number of carbonyl (C=O) groups excluding carboxylic acids is 1. The average Bonchev–Trinajstić information content (AvgIpc) is 3.19. The number of aryl methyl sites for hydroxylation is 1. The van der Waals surface area contributed by atoms with Crippen molar-refractivity contribution in [2.24, 2.45) is 0 Å². The van der Waals surface area contributed by atoms with Crippen LogP contribution in [-0.2, 0) is 12.6 Å². The van der Waals surface area contributed by atoms with Crippen LogP contribution in [0.25, 0.3) is 0 Å². The number of ether oxygens (including phenoxy) is 1. The number of aromatic nitrogens is 4. The molecule has 4 heterocycles. The first-order chi connectivity index (χ1) is 17.9. The fraction of sp³-hybridized carbons (Fsp3) is 0.435. The van der Waals surface area contributed by atoms with E-state index in [4.69, 9.17) is 4.74 Å². The van der Waals surface area contributed by atoms with Gasteiger partial charge in [-0.3, -0.25) is 14.7 Å². The number of alkyl halides is 6. The zero-order valence-electron chi connectivity index (χ0n) is 19.9. The van der Waals surface area contributed by atoms with E-state index in [1.54, 1.807) is 13.0 Å². The summed E-state index contributed by atoms with van der Waals surface area (Å²) in [4.78, 5) is 26.1. The van der Waals surface area contributed by atoms with Crippen LogP contribution < -0.4 is 10.1 Å². The lowest BCUT2D eigenvalue weighted by Gasteiger charge is -2.32. The first kappa shape index (κ1) is 27.7. The molecule has 204 valence electrons. The van der Waals surface area contributed by atoms with Crippen LogP contribution in [0.1, 0.15) is 45.2 Å². The van der Waals surface area contributed by atoms with Crippen LogP contribution in [-0.4, -0.2) is 62.0 Å². The molecule has 0 unspecified atom stereocenters. The smallest absolute Gasteiger partial charge is 0.434 e. The molecule has 3 aromatic rings. The number of nitrogens with zero attached hydrogens (tertiary/aromatic N) is 5. The summed E-state index contributed by atoms with van der Waals surface area (Å²) in [5.74, 6) is -0.270. The van der Waals surface area contributed by atoms with E-state index in [0.29, 0.717) is 41.8 Å². The summed E-state index contributed by atoms with van der Waals surface area (Å²) in [5.41, 5.74) is 0.188. The highest BCUT2D eigenvalue weighted by Gasteiger charge is 2.34. The number of carbonyl (C=O) groups is 1. The number of pyridine rings is 1. The number of nitrogens with one attached hydrogen (secondary N) is 1. The highest BCUT2D eigenvalue weighted by Crippen LogP contribution is 2.28. The van der Waals surface area contributed by atoms with E-state index in [1.165, 1.54) is 17.2 Å². The summed E-state index contributed by atoms with van der Waals surface area (Å²) in [6, 6.07) is 3.06. The fourth-order valence-corrected chi connectivity index (χ4v) is 4.86. The van der Waals surface area contributed by atoms with Crippen molar-refractivity contribution >= 4 is 23.1 Å². The molecule has 4 rings (SSSR count). The van der Waals surface area contributed by atoms with Gasteiger partial charge >= 0.3 is 12.4 Å². The molecule has 1 N–H and O–H groups in total. The second-order valence-corrected chi connectivity index (χ2v) is 9.56. The van der Waals surface area contributed by atoms with Crippen molar-refractivity contribution in [3.8, 4) is 5.88 Å². The lowest BCUT2D eigenvalue weighted by Crippen LogP contribution is -2.45. The molecule has 38 heavy (non-hydrogen) atoms. The van der Waals surface area contributed by atoms with E-state index >= 15 is 0 Å². The minimum Gasteiger partial charge on any atom is -0.473 e. The van der Waals surface area contributed by atoms with Crippen molar-refractivity contribution in [3.05, 3.63) is 58.2 Å². The SMILES string of the molecule is Cc1nsc(Cc2cnc(C(F)(F)F)cn2)c1C(=O)Nc1ccc(O[C@@H]2CCCN(CC(F)(F)F)C2)nc1. The van der Waals surface area contributed by atoms with E-state index in [-0.39, 0.29) is 30.1 Å². The Balaban J connectivity index is 1.37. The average molecular weight is 561 g/mol. The molecule has 15 heteroatoms.